The van der Waals surface area contributed by atoms with Crippen LogP contribution < -0.4 is 0 Å². The van der Waals surface area contributed by atoms with Crippen molar-refractivity contribution in [2.45, 2.75) is 111 Å². The van der Waals surface area contributed by atoms with E-state index in [1.807, 2.05) is 6.92 Å². The van der Waals surface area contributed by atoms with Crippen LogP contribution in [0.1, 0.15) is 111 Å². The summed E-state index contributed by atoms with van der Waals surface area (Å²) in [6.45, 7) is 8.63. The van der Waals surface area contributed by atoms with Crippen molar-refractivity contribution < 1.29 is 9.90 Å². The van der Waals surface area contributed by atoms with Crippen LogP contribution in [0.2, 0.25) is 0 Å². The Morgan fingerprint density at radius 2 is 1.22 bits per heavy atom. The van der Waals surface area contributed by atoms with Crippen LogP contribution in [0.25, 0.3) is 0 Å². The van der Waals surface area contributed by atoms with Gasteiger partial charge in [0.25, 0.3) is 0 Å². The summed E-state index contributed by atoms with van der Waals surface area (Å²) in [4.78, 5) is 10.9. The van der Waals surface area contributed by atoms with E-state index in [-0.39, 0.29) is 5.92 Å². The SMILES string of the molecule is CCCCCCCCCCCCC(C)CC(C)CC(C)C(=O)O. The highest BCUT2D eigenvalue weighted by Crippen LogP contribution is 2.23. The number of unbranched alkanes of at least 4 members (excludes halogenated alkanes) is 9. The van der Waals surface area contributed by atoms with Gasteiger partial charge in [0.15, 0.2) is 0 Å². The zero-order chi connectivity index (χ0) is 17.5. The van der Waals surface area contributed by atoms with Gasteiger partial charge in [0, 0.05) is 0 Å². The third-order valence-corrected chi connectivity index (χ3v) is 5.03. The summed E-state index contributed by atoms with van der Waals surface area (Å²) in [5, 5.41) is 8.97. The Balaban J connectivity index is 3.42. The molecular formula is C21H42O2. The molecule has 0 bridgehead atoms. The monoisotopic (exact) mass is 326 g/mol. The van der Waals surface area contributed by atoms with Gasteiger partial charge < -0.3 is 5.11 Å². The van der Waals surface area contributed by atoms with Crippen molar-refractivity contribution in [2.24, 2.45) is 17.8 Å². The summed E-state index contributed by atoms with van der Waals surface area (Å²) in [5.41, 5.74) is 0. The minimum atomic E-state index is -0.654. The van der Waals surface area contributed by atoms with Crippen LogP contribution in [0.4, 0.5) is 0 Å². The molecule has 3 unspecified atom stereocenters. The van der Waals surface area contributed by atoms with E-state index >= 15 is 0 Å². The molecule has 0 aromatic carbocycles. The second-order valence-electron chi connectivity index (χ2n) is 7.89. The molecule has 0 saturated carbocycles. The molecule has 3 atom stereocenters. The molecule has 0 amide bonds. The fourth-order valence-electron chi connectivity index (χ4n) is 3.59. The molecular weight excluding hydrogens is 284 g/mol. The number of carboxylic acids is 1. The van der Waals surface area contributed by atoms with Gasteiger partial charge in [-0.05, 0) is 24.7 Å². The molecule has 2 heteroatoms. The summed E-state index contributed by atoms with van der Waals surface area (Å²) >= 11 is 0. The van der Waals surface area contributed by atoms with E-state index in [1.165, 1.54) is 77.0 Å². The van der Waals surface area contributed by atoms with Crippen LogP contribution in [-0.4, -0.2) is 11.1 Å². The largest absolute Gasteiger partial charge is 0.481 e. The van der Waals surface area contributed by atoms with Gasteiger partial charge >= 0.3 is 5.97 Å². The van der Waals surface area contributed by atoms with Crippen LogP contribution in [0, 0.1) is 17.8 Å². The topological polar surface area (TPSA) is 37.3 Å². The lowest BCUT2D eigenvalue weighted by Crippen LogP contribution is -2.14. The fourth-order valence-corrected chi connectivity index (χ4v) is 3.59. The zero-order valence-electron chi connectivity index (χ0n) is 16.3. The second kappa shape index (κ2) is 15.0. The summed E-state index contributed by atoms with van der Waals surface area (Å²) in [5.74, 6) is 0.410. The van der Waals surface area contributed by atoms with Crippen molar-refractivity contribution in [3.63, 3.8) is 0 Å². The van der Waals surface area contributed by atoms with Crippen LogP contribution >= 0.6 is 0 Å². The summed E-state index contributed by atoms with van der Waals surface area (Å²) in [6.07, 6.45) is 17.3. The van der Waals surface area contributed by atoms with Crippen molar-refractivity contribution in [3.05, 3.63) is 0 Å². The minimum Gasteiger partial charge on any atom is -0.481 e. The van der Waals surface area contributed by atoms with Gasteiger partial charge in [-0.25, -0.2) is 0 Å². The Morgan fingerprint density at radius 1 is 0.739 bits per heavy atom. The van der Waals surface area contributed by atoms with E-state index in [4.69, 9.17) is 5.11 Å². The van der Waals surface area contributed by atoms with E-state index < -0.39 is 5.97 Å². The summed E-state index contributed by atoms with van der Waals surface area (Å²) in [6, 6.07) is 0. The highest BCUT2D eigenvalue weighted by molar-refractivity contribution is 5.69. The molecule has 0 aromatic heterocycles. The number of carbonyl (C=O) groups is 1. The van der Waals surface area contributed by atoms with Gasteiger partial charge in [-0.1, -0.05) is 98.3 Å². The molecule has 0 fully saturated rings. The third-order valence-electron chi connectivity index (χ3n) is 5.03. The van der Waals surface area contributed by atoms with Crippen molar-refractivity contribution in [3.8, 4) is 0 Å². The van der Waals surface area contributed by atoms with E-state index in [0.717, 1.165) is 12.3 Å². The first kappa shape index (κ1) is 22.5. The summed E-state index contributed by atoms with van der Waals surface area (Å²) < 4.78 is 0. The Labute approximate surface area is 145 Å². The molecule has 2 nitrogen and oxygen atoms in total. The maximum atomic E-state index is 10.9. The number of hydrogen-bond acceptors (Lipinski definition) is 1. The predicted octanol–water partition coefficient (Wildman–Crippen LogP) is 7.07. The van der Waals surface area contributed by atoms with Gasteiger partial charge in [0.05, 0.1) is 5.92 Å². The number of carboxylic acid groups (broad SMARTS) is 1. The zero-order valence-corrected chi connectivity index (χ0v) is 16.3. The maximum absolute atomic E-state index is 10.9. The van der Waals surface area contributed by atoms with Crippen LogP contribution in [-0.2, 0) is 4.79 Å². The molecule has 138 valence electrons. The molecule has 0 aliphatic carbocycles. The highest BCUT2D eigenvalue weighted by atomic mass is 16.4. The Hall–Kier alpha value is -0.530. The van der Waals surface area contributed by atoms with Gasteiger partial charge in [-0.2, -0.15) is 0 Å². The lowest BCUT2D eigenvalue weighted by Gasteiger charge is -2.19. The van der Waals surface area contributed by atoms with E-state index in [2.05, 4.69) is 20.8 Å². The van der Waals surface area contributed by atoms with E-state index in [9.17, 15) is 4.79 Å². The van der Waals surface area contributed by atoms with Gasteiger partial charge in [0.1, 0.15) is 0 Å². The molecule has 0 aromatic rings. The number of rotatable bonds is 16. The molecule has 0 aliphatic rings. The maximum Gasteiger partial charge on any atom is 0.306 e. The molecule has 0 saturated heterocycles. The number of aliphatic carboxylic acids is 1. The van der Waals surface area contributed by atoms with Gasteiger partial charge in [-0.15, -0.1) is 0 Å². The minimum absolute atomic E-state index is 0.200. The molecule has 1 N–H and O–H groups in total. The summed E-state index contributed by atoms with van der Waals surface area (Å²) in [7, 11) is 0. The van der Waals surface area contributed by atoms with E-state index in [1.54, 1.807) is 0 Å². The van der Waals surface area contributed by atoms with Gasteiger partial charge in [-0.3, -0.25) is 4.79 Å². The highest BCUT2D eigenvalue weighted by Gasteiger charge is 2.16. The van der Waals surface area contributed by atoms with Gasteiger partial charge in [0.2, 0.25) is 0 Å². The van der Waals surface area contributed by atoms with E-state index in [0.29, 0.717) is 5.92 Å². The van der Waals surface area contributed by atoms with Crippen LogP contribution in [0.3, 0.4) is 0 Å². The Morgan fingerprint density at radius 3 is 1.70 bits per heavy atom. The predicted molar refractivity (Wildman–Crippen MR) is 101 cm³/mol. The fraction of sp³-hybridized carbons (Fsp3) is 0.952. The van der Waals surface area contributed by atoms with Crippen molar-refractivity contribution in [1.82, 2.24) is 0 Å². The number of hydrogen-bond donors (Lipinski definition) is 1. The lowest BCUT2D eigenvalue weighted by molar-refractivity contribution is -0.141. The van der Waals surface area contributed by atoms with Crippen molar-refractivity contribution >= 4 is 5.97 Å². The molecule has 0 aliphatic heterocycles. The lowest BCUT2D eigenvalue weighted by atomic mass is 9.87. The molecule has 23 heavy (non-hydrogen) atoms. The third kappa shape index (κ3) is 14.8. The second-order valence-corrected chi connectivity index (χ2v) is 7.89. The normalized spacial score (nSPS) is 15.3. The molecule has 0 spiro atoms. The Kier molecular flexibility index (Phi) is 14.7. The van der Waals surface area contributed by atoms with Crippen molar-refractivity contribution in [2.75, 3.05) is 0 Å². The van der Waals surface area contributed by atoms with Crippen LogP contribution in [0.15, 0.2) is 0 Å². The first-order valence-corrected chi connectivity index (χ1v) is 10.2. The molecule has 0 heterocycles. The smallest absolute Gasteiger partial charge is 0.306 e. The quantitative estimate of drug-likeness (QED) is 0.308. The molecule has 0 rings (SSSR count). The van der Waals surface area contributed by atoms with Crippen LogP contribution in [0.5, 0.6) is 0 Å². The first-order valence-electron chi connectivity index (χ1n) is 10.2. The average molecular weight is 327 g/mol. The average Bonchev–Trinajstić information content (AvgIpc) is 2.48. The Bertz CT molecular complexity index is 275. The standard InChI is InChI=1S/C21H42O2/c1-5-6-7-8-9-10-11-12-13-14-15-18(2)16-19(3)17-20(4)21(22)23/h18-20H,5-17H2,1-4H3,(H,22,23). The molecule has 0 radical (unpaired) electrons. The van der Waals surface area contributed by atoms with Crippen molar-refractivity contribution in [1.29, 1.82) is 0 Å². The first-order chi connectivity index (χ1) is 11.0.